The highest BCUT2D eigenvalue weighted by atomic mass is 16.7. The molecule has 0 radical (unpaired) electrons. The van der Waals surface area contributed by atoms with Crippen molar-refractivity contribution in [3.63, 3.8) is 0 Å². The number of allylic oxidation sites excluding steroid dienone is 2. The molecule has 0 saturated heterocycles. The average molecular weight is 217 g/mol. The van der Waals surface area contributed by atoms with Gasteiger partial charge >= 0.3 is 0 Å². The van der Waals surface area contributed by atoms with Gasteiger partial charge in [0, 0.05) is 17.6 Å². The fourth-order valence-electron chi connectivity index (χ4n) is 2.50. The van der Waals surface area contributed by atoms with Crippen LogP contribution < -0.4 is 0 Å². The Balaban J connectivity index is 2.06. The average Bonchev–Trinajstić information content (AvgIpc) is 2.78. The molecule has 1 atom stereocenters. The van der Waals surface area contributed by atoms with Crippen LogP contribution in [0.3, 0.4) is 0 Å². The maximum atomic E-state index is 12.2. The van der Waals surface area contributed by atoms with E-state index in [0.717, 1.165) is 6.42 Å². The highest BCUT2D eigenvalue weighted by Crippen LogP contribution is 2.41. The van der Waals surface area contributed by atoms with E-state index < -0.39 is 5.60 Å². The molecule has 0 saturated carbocycles. The molecule has 0 aromatic heterocycles. The first-order valence-corrected chi connectivity index (χ1v) is 5.36. The second-order valence-electron chi connectivity index (χ2n) is 4.41. The molecule has 0 aromatic rings. The van der Waals surface area contributed by atoms with Crippen LogP contribution in [0.1, 0.15) is 26.2 Å². The quantitative estimate of drug-likeness (QED) is 0.575. The summed E-state index contributed by atoms with van der Waals surface area (Å²) in [5, 5.41) is 3.75. The number of ketones is 2. The molecule has 0 unspecified atom stereocenters. The van der Waals surface area contributed by atoms with E-state index in [2.05, 4.69) is 5.16 Å². The van der Waals surface area contributed by atoms with Gasteiger partial charge in [0.15, 0.2) is 0 Å². The van der Waals surface area contributed by atoms with Crippen LogP contribution in [0.25, 0.3) is 0 Å². The van der Waals surface area contributed by atoms with Gasteiger partial charge in [0.25, 0.3) is 5.60 Å². The zero-order valence-corrected chi connectivity index (χ0v) is 8.95. The van der Waals surface area contributed by atoms with Crippen molar-refractivity contribution < 1.29 is 14.4 Å². The van der Waals surface area contributed by atoms with Gasteiger partial charge in [-0.25, -0.2) is 0 Å². The molecule has 4 heteroatoms. The van der Waals surface area contributed by atoms with Crippen LogP contribution in [-0.4, -0.2) is 22.9 Å². The Labute approximate surface area is 92.6 Å². The number of carbonyl (C=O) groups excluding carboxylic acids is 2. The first kappa shape index (κ1) is 9.51. The van der Waals surface area contributed by atoms with Crippen molar-refractivity contribution >= 4 is 17.3 Å². The van der Waals surface area contributed by atoms with Crippen LogP contribution in [0, 0.1) is 0 Å². The van der Waals surface area contributed by atoms with Gasteiger partial charge in [-0.3, -0.25) is 9.59 Å². The lowest BCUT2D eigenvalue weighted by Crippen LogP contribution is -2.42. The molecule has 3 rings (SSSR count). The van der Waals surface area contributed by atoms with E-state index in [4.69, 9.17) is 4.84 Å². The van der Waals surface area contributed by atoms with E-state index >= 15 is 0 Å². The lowest BCUT2D eigenvalue weighted by molar-refractivity contribution is -0.147. The standard InChI is InChI=1S/C12H11NO3/c1-7-6-12(16-13-7)10(14)8-4-2-3-5-9(8)11(12)15/h2,4H,3,5-6H2,1H3/t12-/m1/s1. The highest BCUT2D eigenvalue weighted by Gasteiger charge is 2.58. The Bertz CT molecular complexity index is 498. The van der Waals surface area contributed by atoms with E-state index in [1.54, 1.807) is 13.0 Å². The minimum absolute atomic E-state index is 0.183. The summed E-state index contributed by atoms with van der Waals surface area (Å²) in [6.07, 6.45) is 5.41. The van der Waals surface area contributed by atoms with Gasteiger partial charge in [-0.1, -0.05) is 17.3 Å². The van der Waals surface area contributed by atoms with Gasteiger partial charge in [0.05, 0.1) is 5.71 Å². The predicted molar refractivity (Wildman–Crippen MR) is 57.0 cm³/mol. The summed E-state index contributed by atoms with van der Waals surface area (Å²) < 4.78 is 0. The number of oxime groups is 1. The molecule has 0 aromatic carbocycles. The second-order valence-corrected chi connectivity index (χ2v) is 4.41. The van der Waals surface area contributed by atoms with E-state index in [1.807, 2.05) is 6.08 Å². The smallest absolute Gasteiger partial charge is 0.266 e. The van der Waals surface area contributed by atoms with Crippen molar-refractivity contribution in [2.24, 2.45) is 5.16 Å². The molecule has 0 amide bonds. The van der Waals surface area contributed by atoms with E-state index in [9.17, 15) is 9.59 Å². The predicted octanol–water partition coefficient (Wildman–Crippen LogP) is 1.32. The summed E-state index contributed by atoms with van der Waals surface area (Å²) in [7, 11) is 0. The minimum Gasteiger partial charge on any atom is -0.372 e. The Kier molecular flexibility index (Phi) is 1.73. The third-order valence-electron chi connectivity index (χ3n) is 3.29. The number of hydrogen-bond acceptors (Lipinski definition) is 4. The van der Waals surface area contributed by atoms with E-state index in [-0.39, 0.29) is 11.6 Å². The summed E-state index contributed by atoms with van der Waals surface area (Å²) in [6.45, 7) is 1.77. The van der Waals surface area contributed by atoms with E-state index in [1.165, 1.54) is 0 Å². The normalized spacial score (nSPS) is 32.2. The van der Waals surface area contributed by atoms with Gasteiger partial charge in [-0.2, -0.15) is 0 Å². The highest BCUT2D eigenvalue weighted by molar-refractivity contribution is 6.33. The SMILES string of the molecule is CC1=NO[C@]2(C1)C(=O)C1=C(CCC=C1)C2=O. The number of rotatable bonds is 0. The van der Waals surface area contributed by atoms with Crippen molar-refractivity contribution in [3.8, 4) is 0 Å². The largest absolute Gasteiger partial charge is 0.372 e. The molecule has 4 nitrogen and oxygen atoms in total. The fourth-order valence-corrected chi connectivity index (χ4v) is 2.50. The Morgan fingerprint density at radius 1 is 1.38 bits per heavy atom. The van der Waals surface area contributed by atoms with Crippen LogP contribution in [0.15, 0.2) is 28.5 Å². The van der Waals surface area contributed by atoms with Crippen LogP contribution in [0.5, 0.6) is 0 Å². The molecule has 1 aliphatic heterocycles. The molecular formula is C12H11NO3. The Morgan fingerprint density at radius 2 is 2.19 bits per heavy atom. The Morgan fingerprint density at radius 3 is 2.81 bits per heavy atom. The molecule has 1 spiro atoms. The summed E-state index contributed by atoms with van der Waals surface area (Å²) in [6, 6.07) is 0. The summed E-state index contributed by atoms with van der Waals surface area (Å²) >= 11 is 0. The molecule has 1 heterocycles. The third kappa shape index (κ3) is 0.965. The maximum Gasteiger partial charge on any atom is 0.266 e. The molecule has 0 bridgehead atoms. The molecule has 16 heavy (non-hydrogen) atoms. The van der Waals surface area contributed by atoms with Crippen molar-refractivity contribution in [2.75, 3.05) is 0 Å². The summed E-state index contributed by atoms with van der Waals surface area (Å²) in [5.74, 6) is -0.401. The maximum absolute atomic E-state index is 12.2. The van der Waals surface area contributed by atoms with Crippen LogP contribution in [-0.2, 0) is 14.4 Å². The molecule has 3 aliphatic rings. The van der Waals surface area contributed by atoms with Gasteiger partial charge < -0.3 is 4.84 Å². The fraction of sp³-hybridized carbons (Fsp3) is 0.417. The lowest BCUT2D eigenvalue weighted by Gasteiger charge is -2.17. The zero-order chi connectivity index (χ0) is 11.3. The van der Waals surface area contributed by atoms with Crippen molar-refractivity contribution in [1.29, 1.82) is 0 Å². The van der Waals surface area contributed by atoms with Crippen LogP contribution in [0.4, 0.5) is 0 Å². The first-order chi connectivity index (χ1) is 7.65. The van der Waals surface area contributed by atoms with Gasteiger partial charge in [-0.15, -0.1) is 0 Å². The monoisotopic (exact) mass is 217 g/mol. The van der Waals surface area contributed by atoms with Crippen LogP contribution in [0.2, 0.25) is 0 Å². The molecule has 2 aliphatic carbocycles. The summed E-state index contributed by atoms with van der Waals surface area (Å²) in [4.78, 5) is 29.5. The molecule has 82 valence electrons. The minimum atomic E-state index is -1.34. The third-order valence-corrected chi connectivity index (χ3v) is 3.29. The van der Waals surface area contributed by atoms with Gasteiger partial charge in [0.1, 0.15) is 0 Å². The van der Waals surface area contributed by atoms with E-state index in [0.29, 0.717) is 29.7 Å². The Hall–Kier alpha value is -1.71. The first-order valence-electron chi connectivity index (χ1n) is 5.36. The molecular weight excluding hydrogens is 206 g/mol. The number of nitrogens with zero attached hydrogens (tertiary/aromatic N) is 1. The molecule has 0 fully saturated rings. The summed E-state index contributed by atoms with van der Waals surface area (Å²) in [5.41, 5.74) is 0.507. The van der Waals surface area contributed by atoms with Crippen LogP contribution >= 0.6 is 0 Å². The topological polar surface area (TPSA) is 55.7 Å². The number of hydrogen-bond donors (Lipinski definition) is 0. The van der Waals surface area contributed by atoms with Crippen molar-refractivity contribution in [3.05, 3.63) is 23.3 Å². The van der Waals surface area contributed by atoms with Crippen molar-refractivity contribution in [2.45, 2.75) is 31.8 Å². The second kappa shape index (κ2) is 2.90. The molecule has 0 N–H and O–H groups in total. The number of carbonyl (C=O) groups is 2. The zero-order valence-electron chi connectivity index (χ0n) is 8.95. The van der Waals surface area contributed by atoms with Crippen molar-refractivity contribution in [1.82, 2.24) is 0 Å². The van der Waals surface area contributed by atoms with Gasteiger partial charge in [-0.05, 0) is 19.8 Å². The lowest BCUT2D eigenvalue weighted by atomic mass is 9.91. The number of Topliss-reactive ketones (excluding diaryl/α,β-unsaturated/α-hetero) is 2. The van der Waals surface area contributed by atoms with Gasteiger partial charge in [0.2, 0.25) is 11.6 Å².